The van der Waals surface area contributed by atoms with Gasteiger partial charge in [0.25, 0.3) is 0 Å². The quantitative estimate of drug-likeness (QED) is 0.812. The third kappa shape index (κ3) is 5.12. The van der Waals surface area contributed by atoms with Crippen LogP contribution in [0.15, 0.2) is 53.1 Å². The van der Waals surface area contributed by atoms with Crippen molar-refractivity contribution in [3.8, 4) is 0 Å². The highest BCUT2D eigenvalue weighted by atomic mass is 16.3. The molecule has 0 spiro atoms. The number of anilines is 1. The number of carbonyl (C=O) groups excluding carboxylic acids is 2. The van der Waals surface area contributed by atoms with Gasteiger partial charge in [0, 0.05) is 37.7 Å². The highest BCUT2D eigenvalue weighted by Gasteiger charge is 2.31. The molecule has 1 aromatic carbocycles. The zero-order valence-corrected chi connectivity index (χ0v) is 15.9. The van der Waals surface area contributed by atoms with Gasteiger partial charge in [0.15, 0.2) is 0 Å². The van der Waals surface area contributed by atoms with Crippen LogP contribution in [0.5, 0.6) is 0 Å². The molecule has 1 fully saturated rings. The molecule has 1 aliphatic rings. The van der Waals surface area contributed by atoms with Crippen LogP contribution < -0.4 is 10.2 Å². The number of benzene rings is 1. The lowest BCUT2D eigenvalue weighted by atomic mass is 10.1. The van der Waals surface area contributed by atoms with Gasteiger partial charge in [0.2, 0.25) is 5.91 Å². The number of hydrogen-bond acceptors (Lipinski definition) is 3. The van der Waals surface area contributed by atoms with Gasteiger partial charge in [0.05, 0.1) is 12.8 Å². The van der Waals surface area contributed by atoms with Gasteiger partial charge in [0.1, 0.15) is 5.76 Å². The minimum Gasteiger partial charge on any atom is -0.467 e. The maximum absolute atomic E-state index is 12.7. The summed E-state index contributed by atoms with van der Waals surface area (Å²) < 4.78 is 5.38. The fourth-order valence-electron chi connectivity index (χ4n) is 3.37. The lowest BCUT2D eigenvalue weighted by Gasteiger charge is -2.25. The summed E-state index contributed by atoms with van der Waals surface area (Å²) >= 11 is 0. The van der Waals surface area contributed by atoms with Crippen molar-refractivity contribution in [1.82, 2.24) is 10.2 Å². The van der Waals surface area contributed by atoms with Crippen molar-refractivity contribution < 1.29 is 14.0 Å². The monoisotopic (exact) mass is 369 g/mol. The summed E-state index contributed by atoms with van der Waals surface area (Å²) in [5.74, 6) is 1.34. The molecule has 2 aromatic rings. The Morgan fingerprint density at radius 2 is 2.04 bits per heavy atom. The van der Waals surface area contributed by atoms with Gasteiger partial charge in [-0.25, -0.2) is 4.79 Å². The van der Waals surface area contributed by atoms with Crippen molar-refractivity contribution in [2.75, 3.05) is 24.5 Å². The predicted octanol–water partition coefficient (Wildman–Crippen LogP) is 3.50. The molecular formula is C21H27N3O3. The molecule has 6 heteroatoms. The van der Waals surface area contributed by atoms with E-state index in [1.54, 1.807) is 16.1 Å². The Labute approximate surface area is 160 Å². The highest BCUT2D eigenvalue weighted by molar-refractivity contribution is 5.95. The summed E-state index contributed by atoms with van der Waals surface area (Å²) in [5, 5.41) is 3.00. The van der Waals surface area contributed by atoms with Crippen LogP contribution in [0.25, 0.3) is 0 Å². The second-order valence-corrected chi connectivity index (χ2v) is 7.45. The first-order valence-electron chi connectivity index (χ1n) is 9.43. The Morgan fingerprint density at radius 1 is 1.26 bits per heavy atom. The average molecular weight is 369 g/mol. The SMILES string of the molecule is CC(C)CN(Cc1ccco1)C(=O)NCC1CC(=O)N(c2ccccc2)C1. The van der Waals surface area contributed by atoms with Crippen molar-refractivity contribution in [2.24, 2.45) is 11.8 Å². The number of hydrogen-bond donors (Lipinski definition) is 1. The molecule has 1 unspecified atom stereocenters. The number of amides is 3. The summed E-state index contributed by atoms with van der Waals surface area (Å²) in [4.78, 5) is 28.5. The van der Waals surface area contributed by atoms with Crippen molar-refractivity contribution in [2.45, 2.75) is 26.8 Å². The van der Waals surface area contributed by atoms with Gasteiger partial charge in [-0.3, -0.25) is 4.79 Å². The molecule has 3 amide bonds. The molecule has 0 bridgehead atoms. The Bertz CT molecular complexity index is 743. The van der Waals surface area contributed by atoms with E-state index >= 15 is 0 Å². The number of urea groups is 1. The lowest BCUT2D eigenvalue weighted by Crippen LogP contribution is -2.43. The Hall–Kier alpha value is -2.76. The number of para-hydroxylation sites is 1. The van der Waals surface area contributed by atoms with E-state index in [4.69, 9.17) is 4.42 Å². The average Bonchev–Trinajstić information content (AvgIpc) is 3.29. The van der Waals surface area contributed by atoms with Crippen LogP contribution in [0.4, 0.5) is 10.5 Å². The minimum absolute atomic E-state index is 0.107. The highest BCUT2D eigenvalue weighted by Crippen LogP contribution is 2.24. The Kier molecular flexibility index (Phi) is 6.16. The number of carbonyl (C=O) groups is 2. The first-order chi connectivity index (χ1) is 13.0. The summed E-state index contributed by atoms with van der Waals surface area (Å²) in [6, 6.07) is 13.2. The zero-order valence-electron chi connectivity index (χ0n) is 15.9. The van der Waals surface area contributed by atoms with E-state index in [1.807, 2.05) is 42.5 Å². The number of nitrogens with zero attached hydrogens (tertiary/aromatic N) is 2. The van der Waals surface area contributed by atoms with Gasteiger partial charge in [-0.05, 0) is 30.2 Å². The van der Waals surface area contributed by atoms with Crippen LogP contribution in [0.3, 0.4) is 0 Å². The first kappa shape index (κ1) is 19.0. The maximum Gasteiger partial charge on any atom is 0.317 e. The van der Waals surface area contributed by atoms with Crippen molar-refractivity contribution in [3.63, 3.8) is 0 Å². The van der Waals surface area contributed by atoms with Crippen molar-refractivity contribution in [3.05, 3.63) is 54.5 Å². The molecule has 1 atom stereocenters. The largest absolute Gasteiger partial charge is 0.467 e. The molecule has 27 heavy (non-hydrogen) atoms. The molecule has 0 radical (unpaired) electrons. The Morgan fingerprint density at radius 3 is 2.70 bits per heavy atom. The molecule has 1 aliphatic heterocycles. The molecule has 1 N–H and O–H groups in total. The molecule has 3 rings (SSSR count). The molecular weight excluding hydrogens is 342 g/mol. The summed E-state index contributed by atoms with van der Waals surface area (Å²) in [6.45, 7) is 6.36. The Balaban J connectivity index is 1.54. The van der Waals surface area contributed by atoms with E-state index < -0.39 is 0 Å². The fraction of sp³-hybridized carbons (Fsp3) is 0.429. The van der Waals surface area contributed by atoms with Crippen LogP contribution in [0, 0.1) is 11.8 Å². The van der Waals surface area contributed by atoms with Gasteiger partial charge < -0.3 is 19.5 Å². The van der Waals surface area contributed by atoms with Crippen LogP contribution in [-0.4, -0.2) is 36.5 Å². The molecule has 144 valence electrons. The normalized spacial score (nSPS) is 16.8. The van der Waals surface area contributed by atoms with E-state index in [0.717, 1.165) is 11.4 Å². The lowest BCUT2D eigenvalue weighted by molar-refractivity contribution is -0.117. The smallest absolute Gasteiger partial charge is 0.317 e. The second kappa shape index (κ2) is 8.75. The molecule has 0 aliphatic carbocycles. The van der Waals surface area contributed by atoms with E-state index in [9.17, 15) is 9.59 Å². The van der Waals surface area contributed by atoms with Crippen LogP contribution in [-0.2, 0) is 11.3 Å². The third-order valence-corrected chi connectivity index (χ3v) is 4.61. The van der Waals surface area contributed by atoms with Crippen LogP contribution in [0.2, 0.25) is 0 Å². The van der Waals surface area contributed by atoms with Gasteiger partial charge in [-0.2, -0.15) is 0 Å². The number of nitrogens with one attached hydrogen (secondary N) is 1. The van der Waals surface area contributed by atoms with Crippen molar-refractivity contribution in [1.29, 1.82) is 0 Å². The number of furan rings is 1. The van der Waals surface area contributed by atoms with Crippen molar-refractivity contribution >= 4 is 17.6 Å². The third-order valence-electron chi connectivity index (χ3n) is 4.61. The molecule has 6 nitrogen and oxygen atoms in total. The number of rotatable bonds is 7. The van der Waals surface area contributed by atoms with E-state index in [0.29, 0.717) is 38.5 Å². The minimum atomic E-state index is -0.120. The van der Waals surface area contributed by atoms with E-state index in [1.165, 1.54) is 0 Å². The maximum atomic E-state index is 12.7. The summed E-state index contributed by atoms with van der Waals surface area (Å²) in [7, 11) is 0. The zero-order chi connectivity index (χ0) is 19.2. The first-order valence-corrected chi connectivity index (χ1v) is 9.43. The molecule has 2 heterocycles. The van der Waals surface area contributed by atoms with Gasteiger partial charge in [-0.1, -0.05) is 32.0 Å². The molecule has 1 aromatic heterocycles. The van der Waals surface area contributed by atoms with Gasteiger partial charge >= 0.3 is 6.03 Å². The molecule has 0 saturated carbocycles. The van der Waals surface area contributed by atoms with Crippen LogP contribution >= 0.6 is 0 Å². The van der Waals surface area contributed by atoms with E-state index in [-0.39, 0.29) is 17.9 Å². The fourth-order valence-corrected chi connectivity index (χ4v) is 3.37. The second-order valence-electron chi connectivity index (χ2n) is 7.45. The van der Waals surface area contributed by atoms with E-state index in [2.05, 4.69) is 19.2 Å². The topological polar surface area (TPSA) is 65.8 Å². The standard InChI is InChI=1S/C21H27N3O3/c1-16(2)13-23(15-19-9-6-10-27-19)21(26)22-12-17-11-20(25)24(14-17)18-7-4-3-5-8-18/h3-10,16-17H,11-15H2,1-2H3,(H,22,26). The van der Waals surface area contributed by atoms with Gasteiger partial charge in [-0.15, -0.1) is 0 Å². The predicted molar refractivity (Wildman–Crippen MR) is 104 cm³/mol. The summed E-state index contributed by atoms with van der Waals surface area (Å²) in [5.41, 5.74) is 0.913. The van der Waals surface area contributed by atoms with Crippen LogP contribution in [0.1, 0.15) is 26.0 Å². The summed E-state index contributed by atoms with van der Waals surface area (Å²) in [6.07, 6.45) is 2.07. The molecule has 1 saturated heterocycles.